The third-order valence-electron chi connectivity index (χ3n) is 5.24. The van der Waals surface area contributed by atoms with Gasteiger partial charge in [-0.2, -0.15) is 28.9 Å². The van der Waals surface area contributed by atoms with Crippen LogP contribution >= 0.6 is 11.3 Å². The molecule has 0 unspecified atom stereocenters. The molecule has 0 radical (unpaired) electrons. The highest BCUT2D eigenvalue weighted by Crippen LogP contribution is 2.29. The monoisotopic (exact) mass is 456 g/mol. The van der Waals surface area contributed by atoms with Crippen molar-refractivity contribution in [1.29, 1.82) is 0 Å². The van der Waals surface area contributed by atoms with Crippen molar-refractivity contribution < 1.29 is 17.6 Å². The van der Waals surface area contributed by atoms with Crippen molar-refractivity contribution in [2.45, 2.75) is 30.7 Å². The molecule has 3 aromatic heterocycles. The lowest BCUT2D eigenvalue weighted by Gasteiger charge is -2.11. The number of rotatable bonds is 5. The molecule has 0 spiro atoms. The van der Waals surface area contributed by atoms with Crippen molar-refractivity contribution in [3.05, 3.63) is 64.4 Å². The summed E-state index contributed by atoms with van der Waals surface area (Å²) in [6, 6.07) is 6.15. The van der Waals surface area contributed by atoms with Crippen molar-refractivity contribution in [2.24, 2.45) is 0 Å². The van der Waals surface area contributed by atoms with Gasteiger partial charge in [-0.15, -0.1) is 0 Å². The number of pyridine rings is 1. The van der Waals surface area contributed by atoms with Crippen LogP contribution in [0.15, 0.2) is 52.3 Å². The zero-order valence-electron chi connectivity index (χ0n) is 16.4. The summed E-state index contributed by atoms with van der Waals surface area (Å²) in [5.41, 5.74) is 1.79. The third kappa shape index (κ3) is 3.51. The van der Waals surface area contributed by atoms with Crippen LogP contribution in [0.4, 0.5) is 4.39 Å². The largest absolute Gasteiger partial charge is 0.349 e. The maximum atomic E-state index is 14.6. The third-order valence-corrected chi connectivity index (χ3v) is 7.67. The van der Waals surface area contributed by atoms with Crippen molar-refractivity contribution in [3.8, 4) is 11.3 Å². The van der Waals surface area contributed by atoms with E-state index in [1.807, 2.05) is 0 Å². The smallest absolute Gasteiger partial charge is 0.284 e. The number of aromatic nitrogens is 3. The van der Waals surface area contributed by atoms with E-state index in [1.165, 1.54) is 41.2 Å². The van der Waals surface area contributed by atoms with Crippen LogP contribution in [0.25, 0.3) is 22.2 Å². The highest BCUT2D eigenvalue weighted by molar-refractivity contribution is 7.90. The van der Waals surface area contributed by atoms with Gasteiger partial charge in [-0.05, 0) is 55.0 Å². The molecule has 31 heavy (non-hydrogen) atoms. The lowest BCUT2D eigenvalue weighted by atomic mass is 10.00. The first-order chi connectivity index (χ1) is 14.8. The molecule has 10 heteroatoms. The first-order valence-electron chi connectivity index (χ1n) is 9.57. The minimum Gasteiger partial charge on any atom is -0.349 e. The molecular weight excluding hydrogens is 439 g/mol. The quantitative estimate of drug-likeness (QED) is 0.494. The Morgan fingerprint density at radius 2 is 2.06 bits per heavy atom. The summed E-state index contributed by atoms with van der Waals surface area (Å²) in [5.74, 6) is -0.825. The Morgan fingerprint density at radius 1 is 1.26 bits per heavy atom. The van der Waals surface area contributed by atoms with Crippen LogP contribution in [0.3, 0.4) is 0 Å². The molecule has 0 bridgehead atoms. The molecule has 158 valence electrons. The summed E-state index contributed by atoms with van der Waals surface area (Å²) in [6.45, 7) is 1.61. The van der Waals surface area contributed by atoms with Gasteiger partial charge in [0.2, 0.25) is 0 Å². The molecule has 0 saturated heterocycles. The second-order valence-electron chi connectivity index (χ2n) is 7.46. The number of thiophene rings is 1. The molecule has 7 nitrogen and oxygen atoms in total. The number of hydrogen-bond donors (Lipinski definition) is 1. The highest BCUT2D eigenvalue weighted by Gasteiger charge is 2.25. The maximum Gasteiger partial charge on any atom is 0.284 e. The fourth-order valence-corrected chi connectivity index (χ4v) is 5.59. The number of halogens is 1. The number of fused-ring (bicyclic) bond motifs is 1. The zero-order valence-corrected chi connectivity index (χ0v) is 18.0. The summed E-state index contributed by atoms with van der Waals surface area (Å²) in [4.78, 5) is 16.9. The second-order valence-corrected chi connectivity index (χ2v) is 10.0. The molecule has 4 aromatic rings. The lowest BCUT2D eigenvalue weighted by Crippen LogP contribution is -2.25. The lowest BCUT2D eigenvalue weighted by molar-refractivity contribution is 0.0950. The molecule has 5 rings (SSSR count). The van der Waals surface area contributed by atoms with Crippen LogP contribution in [-0.4, -0.2) is 34.5 Å². The van der Waals surface area contributed by atoms with E-state index in [0.717, 1.165) is 16.9 Å². The fourth-order valence-electron chi connectivity index (χ4n) is 3.31. The van der Waals surface area contributed by atoms with E-state index in [0.29, 0.717) is 27.7 Å². The van der Waals surface area contributed by atoms with E-state index in [2.05, 4.69) is 15.4 Å². The van der Waals surface area contributed by atoms with Crippen LogP contribution in [-0.2, 0) is 10.0 Å². The molecule has 1 aromatic carbocycles. The summed E-state index contributed by atoms with van der Waals surface area (Å²) in [7, 11) is -3.83. The topological polar surface area (TPSA) is 94.0 Å². The number of benzene rings is 1. The Balaban J connectivity index is 1.57. The number of carbonyl (C=O) groups is 1. The Kier molecular flexibility index (Phi) is 4.63. The van der Waals surface area contributed by atoms with Gasteiger partial charge in [-0.25, -0.2) is 4.39 Å². The maximum absolute atomic E-state index is 14.6. The average molecular weight is 457 g/mol. The summed E-state index contributed by atoms with van der Waals surface area (Å²) >= 11 is 1.28. The summed E-state index contributed by atoms with van der Waals surface area (Å²) < 4.78 is 41.1. The van der Waals surface area contributed by atoms with E-state index in [-0.39, 0.29) is 22.4 Å². The Hall–Kier alpha value is -3.11. The fraction of sp³-hybridized carbons (Fsp3) is 0.190. The van der Waals surface area contributed by atoms with Crippen LogP contribution in [0, 0.1) is 12.7 Å². The van der Waals surface area contributed by atoms with E-state index in [9.17, 15) is 17.6 Å². The predicted octanol–water partition coefficient (Wildman–Crippen LogP) is 3.74. The SMILES string of the molecule is Cc1c(F)cc(C(=O)NC2CC2)cc1-c1cc2cnn(S(=O)(=O)c3ccsc3)c2cn1. The van der Waals surface area contributed by atoms with Gasteiger partial charge in [0.1, 0.15) is 11.3 Å². The van der Waals surface area contributed by atoms with Gasteiger partial charge in [-0.1, -0.05) is 0 Å². The molecule has 1 amide bonds. The first-order valence-corrected chi connectivity index (χ1v) is 12.0. The minimum atomic E-state index is -3.83. The molecular formula is C21H17FN4O3S2. The molecule has 1 saturated carbocycles. The Labute approximate surface area is 181 Å². The highest BCUT2D eigenvalue weighted by atomic mass is 32.2. The molecule has 0 aliphatic heterocycles. The van der Waals surface area contributed by atoms with Gasteiger partial charge in [-0.3, -0.25) is 9.78 Å². The van der Waals surface area contributed by atoms with E-state index in [1.54, 1.807) is 24.4 Å². The van der Waals surface area contributed by atoms with Gasteiger partial charge < -0.3 is 5.32 Å². The van der Waals surface area contributed by atoms with Crippen LogP contribution in [0.1, 0.15) is 28.8 Å². The van der Waals surface area contributed by atoms with Crippen molar-refractivity contribution in [3.63, 3.8) is 0 Å². The standard InChI is InChI=1S/C21H17FN4O3S2/c1-12-17(6-13(7-18(12)22)21(27)25-15-2-3-15)19-8-14-9-24-26(20(14)10-23-19)31(28,29)16-4-5-30-11-16/h4-11,15H,2-3H2,1H3,(H,25,27). The molecule has 1 N–H and O–H groups in total. The molecule has 1 fully saturated rings. The molecule has 3 heterocycles. The number of nitrogens with one attached hydrogen (secondary N) is 1. The van der Waals surface area contributed by atoms with Crippen molar-refractivity contribution in [2.75, 3.05) is 0 Å². The van der Waals surface area contributed by atoms with Gasteiger partial charge >= 0.3 is 0 Å². The minimum absolute atomic E-state index is 0.152. The van der Waals surface area contributed by atoms with Gasteiger partial charge in [0.15, 0.2) is 0 Å². The molecule has 0 atom stereocenters. The number of amides is 1. The molecule has 1 aliphatic carbocycles. The van der Waals surface area contributed by atoms with Crippen LogP contribution in [0.2, 0.25) is 0 Å². The second kappa shape index (κ2) is 7.24. The van der Waals surface area contributed by atoms with Gasteiger partial charge in [0.05, 0.1) is 23.0 Å². The van der Waals surface area contributed by atoms with E-state index < -0.39 is 15.8 Å². The first kappa shape index (κ1) is 19.8. The van der Waals surface area contributed by atoms with Crippen molar-refractivity contribution in [1.82, 2.24) is 19.5 Å². The average Bonchev–Trinajstić information content (AvgIpc) is 3.21. The van der Waals surface area contributed by atoms with Crippen LogP contribution < -0.4 is 5.32 Å². The Morgan fingerprint density at radius 3 is 2.77 bits per heavy atom. The summed E-state index contributed by atoms with van der Waals surface area (Å²) in [6.07, 6.45) is 4.70. The zero-order chi connectivity index (χ0) is 21.8. The van der Waals surface area contributed by atoms with Crippen LogP contribution in [0.5, 0.6) is 0 Å². The predicted molar refractivity (Wildman–Crippen MR) is 115 cm³/mol. The van der Waals surface area contributed by atoms with Crippen molar-refractivity contribution >= 4 is 38.2 Å². The molecule has 1 aliphatic rings. The van der Waals surface area contributed by atoms with Gasteiger partial charge in [0, 0.05) is 27.9 Å². The van der Waals surface area contributed by atoms with Gasteiger partial charge in [0.25, 0.3) is 15.9 Å². The summed E-state index contributed by atoms with van der Waals surface area (Å²) in [5, 5.41) is 10.6. The number of carbonyl (C=O) groups excluding carboxylic acids is 1. The van der Waals surface area contributed by atoms with E-state index >= 15 is 0 Å². The Bertz CT molecular complexity index is 1420. The number of nitrogens with zero attached hydrogens (tertiary/aromatic N) is 3. The van der Waals surface area contributed by atoms with E-state index in [4.69, 9.17) is 0 Å². The number of hydrogen-bond acceptors (Lipinski definition) is 6. The normalized spacial score (nSPS) is 14.1.